The smallest absolute Gasteiger partial charge is 0.334 e. The van der Waals surface area contributed by atoms with E-state index >= 15 is 0 Å². The topological polar surface area (TPSA) is 52.6 Å². The second kappa shape index (κ2) is 6.88. The summed E-state index contributed by atoms with van der Waals surface area (Å²) < 4.78 is 8.91. The maximum Gasteiger partial charge on any atom is 0.334 e. The van der Waals surface area contributed by atoms with Crippen molar-refractivity contribution in [3.8, 4) is 0 Å². The third-order valence-corrected chi connectivity index (χ3v) is 1.51. The molecule has 0 bridgehead atoms. The van der Waals surface area contributed by atoms with Crippen LogP contribution in [0.5, 0.6) is 0 Å². The summed E-state index contributed by atoms with van der Waals surface area (Å²) in [6.07, 6.45) is 5.03. The van der Waals surface area contributed by atoms with Gasteiger partial charge in [-0.15, -0.1) is 0 Å². The Morgan fingerprint density at radius 1 is 1.21 bits per heavy atom. The quantitative estimate of drug-likeness (QED) is 0.387. The fourth-order valence-electron chi connectivity index (χ4n) is 0.778. The molecule has 0 aromatic heterocycles. The average molecular weight is 198 g/mol. The second-order valence-corrected chi connectivity index (χ2v) is 2.46. The standard InChI is InChI=1S/C10H14O4/c1-4-5-6-8(10(12)14-3)7-9(11)13-2/h4-5,7H,6H2,1-3H3. The van der Waals surface area contributed by atoms with Crippen LogP contribution in [0.4, 0.5) is 0 Å². The van der Waals surface area contributed by atoms with Gasteiger partial charge in [0.15, 0.2) is 0 Å². The Morgan fingerprint density at radius 2 is 1.86 bits per heavy atom. The zero-order chi connectivity index (χ0) is 11.0. The van der Waals surface area contributed by atoms with Gasteiger partial charge in [-0.1, -0.05) is 12.2 Å². The van der Waals surface area contributed by atoms with Gasteiger partial charge in [0.25, 0.3) is 0 Å². The lowest BCUT2D eigenvalue weighted by molar-refractivity contribution is -0.138. The van der Waals surface area contributed by atoms with Crippen LogP contribution in [0.1, 0.15) is 13.3 Å². The van der Waals surface area contributed by atoms with Gasteiger partial charge in [0.2, 0.25) is 0 Å². The molecule has 0 aliphatic heterocycles. The molecule has 0 aliphatic rings. The van der Waals surface area contributed by atoms with Crippen molar-refractivity contribution in [2.45, 2.75) is 13.3 Å². The van der Waals surface area contributed by atoms with Gasteiger partial charge in [0.1, 0.15) is 0 Å². The van der Waals surface area contributed by atoms with E-state index in [2.05, 4.69) is 9.47 Å². The lowest BCUT2D eigenvalue weighted by Gasteiger charge is -2.01. The SMILES string of the molecule is CC=CCC(=CC(=O)OC)C(=O)OC. The number of ether oxygens (including phenoxy) is 2. The molecule has 0 rings (SSSR count). The van der Waals surface area contributed by atoms with Crippen molar-refractivity contribution in [2.24, 2.45) is 0 Å². The number of hydrogen-bond donors (Lipinski definition) is 0. The molecule has 0 radical (unpaired) electrons. The first-order chi connectivity index (χ1) is 6.65. The van der Waals surface area contributed by atoms with Crippen molar-refractivity contribution < 1.29 is 19.1 Å². The van der Waals surface area contributed by atoms with Crippen LogP contribution in [0.15, 0.2) is 23.8 Å². The molecule has 0 aromatic rings. The van der Waals surface area contributed by atoms with Gasteiger partial charge in [0, 0.05) is 11.6 Å². The van der Waals surface area contributed by atoms with Gasteiger partial charge >= 0.3 is 11.9 Å². The van der Waals surface area contributed by atoms with Crippen LogP contribution in [-0.4, -0.2) is 26.2 Å². The fraction of sp³-hybridized carbons (Fsp3) is 0.400. The van der Waals surface area contributed by atoms with Crippen LogP contribution in [0.2, 0.25) is 0 Å². The van der Waals surface area contributed by atoms with Crippen LogP contribution in [0, 0.1) is 0 Å². The van der Waals surface area contributed by atoms with Crippen molar-refractivity contribution in [3.63, 3.8) is 0 Å². The lowest BCUT2D eigenvalue weighted by atomic mass is 10.1. The first-order valence-corrected chi connectivity index (χ1v) is 4.13. The number of methoxy groups -OCH3 is 2. The van der Waals surface area contributed by atoms with E-state index in [-0.39, 0.29) is 5.57 Å². The number of esters is 2. The van der Waals surface area contributed by atoms with Crippen molar-refractivity contribution in [2.75, 3.05) is 14.2 Å². The molecule has 0 saturated carbocycles. The predicted molar refractivity (Wildman–Crippen MR) is 51.5 cm³/mol. The number of carbonyl (C=O) groups excluding carboxylic acids is 2. The molecule has 0 N–H and O–H groups in total. The van der Waals surface area contributed by atoms with E-state index in [0.717, 1.165) is 6.08 Å². The predicted octanol–water partition coefficient (Wildman–Crippen LogP) is 1.23. The summed E-state index contributed by atoms with van der Waals surface area (Å²) >= 11 is 0. The summed E-state index contributed by atoms with van der Waals surface area (Å²) in [6.45, 7) is 1.83. The first kappa shape index (κ1) is 12.4. The highest BCUT2D eigenvalue weighted by Gasteiger charge is 2.10. The largest absolute Gasteiger partial charge is 0.466 e. The number of allylic oxidation sites excluding steroid dienone is 2. The van der Waals surface area contributed by atoms with E-state index in [0.29, 0.717) is 6.42 Å². The third kappa shape index (κ3) is 4.45. The zero-order valence-corrected chi connectivity index (χ0v) is 8.57. The molecule has 0 aromatic carbocycles. The van der Waals surface area contributed by atoms with Gasteiger partial charge in [0.05, 0.1) is 14.2 Å². The van der Waals surface area contributed by atoms with E-state index in [1.54, 1.807) is 12.2 Å². The maximum atomic E-state index is 11.1. The summed E-state index contributed by atoms with van der Waals surface area (Å²) in [5.74, 6) is -1.08. The molecular formula is C10H14O4. The van der Waals surface area contributed by atoms with Crippen LogP contribution >= 0.6 is 0 Å². The summed E-state index contributed by atoms with van der Waals surface area (Å²) in [4.78, 5) is 22.0. The summed E-state index contributed by atoms with van der Waals surface area (Å²) in [6, 6.07) is 0. The van der Waals surface area contributed by atoms with Gasteiger partial charge in [-0.05, 0) is 13.3 Å². The molecule has 0 amide bonds. The molecule has 78 valence electrons. The van der Waals surface area contributed by atoms with E-state index in [1.165, 1.54) is 14.2 Å². The maximum absolute atomic E-state index is 11.1. The molecule has 0 atom stereocenters. The van der Waals surface area contributed by atoms with Crippen molar-refractivity contribution in [1.29, 1.82) is 0 Å². The van der Waals surface area contributed by atoms with Crippen LogP contribution in [0.25, 0.3) is 0 Å². The summed E-state index contributed by atoms with van der Waals surface area (Å²) in [5.41, 5.74) is 0.275. The Labute approximate surface area is 83.2 Å². The Balaban J connectivity index is 4.62. The lowest BCUT2D eigenvalue weighted by Crippen LogP contribution is -2.07. The van der Waals surface area contributed by atoms with E-state index in [1.807, 2.05) is 6.92 Å². The van der Waals surface area contributed by atoms with Crippen LogP contribution in [-0.2, 0) is 19.1 Å². The Hall–Kier alpha value is -1.58. The monoisotopic (exact) mass is 198 g/mol. The minimum Gasteiger partial charge on any atom is -0.466 e. The number of carbonyl (C=O) groups is 2. The van der Waals surface area contributed by atoms with Crippen molar-refractivity contribution in [1.82, 2.24) is 0 Å². The minimum absolute atomic E-state index is 0.275. The fourth-order valence-corrected chi connectivity index (χ4v) is 0.778. The van der Waals surface area contributed by atoms with E-state index < -0.39 is 11.9 Å². The summed E-state index contributed by atoms with van der Waals surface area (Å²) in [5, 5.41) is 0. The highest BCUT2D eigenvalue weighted by Crippen LogP contribution is 2.05. The highest BCUT2D eigenvalue weighted by atomic mass is 16.5. The Kier molecular flexibility index (Phi) is 6.11. The zero-order valence-electron chi connectivity index (χ0n) is 8.57. The molecule has 4 heteroatoms. The van der Waals surface area contributed by atoms with Crippen LogP contribution in [0.3, 0.4) is 0 Å². The molecule has 0 fully saturated rings. The first-order valence-electron chi connectivity index (χ1n) is 4.13. The van der Waals surface area contributed by atoms with E-state index in [9.17, 15) is 9.59 Å². The number of rotatable bonds is 4. The number of hydrogen-bond acceptors (Lipinski definition) is 4. The van der Waals surface area contributed by atoms with Gasteiger partial charge < -0.3 is 9.47 Å². The minimum atomic E-state index is -0.560. The van der Waals surface area contributed by atoms with Crippen LogP contribution < -0.4 is 0 Å². The summed E-state index contributed by atoms with van der Waals surface area (Å²) in [7, 11) is 2.52. The molecule has 0 aliphatic carbocycles. The van der Waals surface area contributed by atoms with Gasteiger partial charge in [-0.2, -0.15) is 0 Å². The molecule has 0 unspecified atom stereocenters. The average Bonchev–Trinajstić information content (AvgIpc) is 2.22. The van der Waals surface area contributed by atoms with Gasteiger partial charge in [-0.25, -0.2) is 9.59 Å². The van der Waals surface area contributed by atoms with E-state index in [4.69, 9.17) is 0 Å². The third-order valence-electron chi connectivity index (χ3n) is 1.51. The molecular weight excluding hydrogens is 184 g/mol. The molecule has 0 heterocycles. The van der Waals surface area contributed by atoms with Gasteiger partial charge in [-0.3, -0.25) is 0 Å². The Bertz CT molecular complexity index is 263. The molecule has 4 nitrogen and oxygen atoms in total. The van der Waals surface area contributed by atoms with Crippen molar-refractivity contribution >= 4 is 11.9 Å². The molecule has 0 saturated heterocycles. The highest BCUT2D eigenvalue weighted by molar-refractivity contribution is 5.96. The second-order valence-electron chi connectivity index (χ2n) is 2.46. The van der Waals surface area contributed by atoms with Crippen molar-refractivity contribution in [3.05, 3.63) is 23.8 Å². The Morgan fingerprint density at radius 3 is 2.29 bits per heavy atom. The molecule has 0 spiro atoms. The normalized spacial score (nSPS) is 11.5. The molecule has 14 heavy (non-hydrogen) atoms.